The van der Waals surface area contributed by atoms with Crippen LogP contribution >= 0.6 is 27.3 Å². The zero-order chi connectivity index (χ0) is 15.2. The molecule has 0 saturated heterocycles. The van der Waals surface area contributed by atoms with Crippen LogP contribution in [0.1, 0.15) is 16.1 Å². The topological polar surface area (TPSA) is 113 Å². The number of aliphatic hydroxyl groups is 1. The smallest absolute Gasteiger partial charge is 0.345 e. The SMILES string of the molecule is O=C(O)c1cc(S(=O)(=O)NCCCOCCO)c(Br)s1. The zero-order valence-electron chi connectivity index (χ0n) is 10.3. The number of ether oxygens (including phenoxy) is 1. The van der Waals surface area contributed by atoms with Gasteiger partial charge in [-0.3, -0.25) is 0 Å². The summed E-state index contributed by atoms with van der Waals surface area (Å²) in [5.74, 6) is -1.17. The number of carbonyl (C=O) groups is 1. The molecule has 1 heterocycles. The molecule has 0 radical (unpaired) electrons. The normalized spacial score (nSPS) is 11.7. The Labute approximate surface area is 128 Å². The second-order valence-electron chi connectivity index (χ2n) is 3.64. The van der Waals surface area contributed by atoms with Gasteiger partial charge in [0.1, 0.15) is 9.77 Å². The number of nitrogens with one attached hydrogen (secondary N) is 1. The van der Waals surface area contributed by atoms with E-state index in [1.165, 1.54) is 0 Å². The molecule has 1 rings (SSSR count). The molecule has 10 heteroatoms. The van der Waals surface area contributed by atoms with Crippen LogP contribution in [0.4, 0.5) is 0 Å². The minimum Gasteiger partial charge on any atom is -0.477 e. The lowest BCUT2D eigenvalue weighted by atomic mass is 10.5. The fourth-order valence-electron chi connectivity index (χ4n) is 1.27. The average Bonchev–Trinajstić information content (AvgIpc) is 2.77. The molecule has 0 bridgehead atoms. The zero-order valence-corrected chi connectivity index (χ0v) is 13.6. The molecule has 0 aliphatic heterocycles. The van der Waals surface area contributed by atoms with Crippen LogP contribution in [0.3, 0.4) is 0 Å². The van der Waals surface area contributed by atoms with Gasteiger partial charge < -0.3 is 14.9 Å². The first-order valence-corrected chi connectivity index (χ1v) is 8.68. The maximum Gasteiger partial charge on any atom is 0.345 e. The molecule has 0 fully saturated rings. The molecule has 0 aromatic carbocycles. The summed E-state index contributed by atoms with van der Waals surface area (Å²) in [7, 11) is -3.75. The fourth-order valence-corrected chi connectivity index (χ4v) is 4.74. The molecule has 0 saturated carbocycles. The molecule has 114 valence electrons. The monoisotopic (exact) mass is 387 g/mol. The summed E-state index contributed by atoms with van der Waals surface area (Å²) in [6.45, 7) is 0.628. The van der Waals surface area contributed by atoms with Gasteiger partial charge in [-0.05, 0) is 28.4 Å². The summed E-state index contributed by atoms with van der Waals surface area (Å²) in [5.41, 5.74) is 0. The highest BCUT2D eigenvalue weighted by Crippen LogP contribution is 2.31. The van der Waals surface area contributed by atoms with E-state index in [-0.39, 0.29) is 33.3 Å². The summed E-state index contributed by atoms with van der Waals surface area (Å²) in [6.07, 6.45) is 0.451. The lowest BCUT2D eigenvalue weighted by Gasteiger charge is -2.06. The number of thiophene rings is 1. The highest BCUT2D eigenvalue weighted by atomic mass is 79.9. The molecule has 0 amide bonds. The number of halogens is 1. The van der Waals surface area contributed by atoms with Crippen molar-refractivity contribution in [3.8, 4) is 0 Å². The summed E-state index contributed by atoms with van der Waals surface area (Å²) in [6, 6.07) is 1.11. The summed E-state index contributed by atoms with van der Waals surface area (Å²) < 4.78 is 31.5. The van der Waals surface area contributed by atoms with Crippen molar-refractivity contribution in [3.63, 3.8) is 0 Å². The first kappa shape index (κ1) is 17.5. The Morgan fingerprint density at radius 3 is 2.70 bits per heavy atom. The predicted octanol–water partition coefficient (Wildman–Crippen LogP) is 0.886. The number of sulfonamides is 1. The van der Waals surface area contributed by atoms with E-state index < -0.39 is 16.0 Å². The van der Waals surface area contributed by atoms with E-state index in [1.807, 2.05) is 0 Å². The van der Waals surface area contributed by atoms with Crippen LogP contribution in [0.5, 0.6) is 0 Å². The molecule has 0 aliphatic carbocycles. The van der Waals surface area contributed by atoms with E-state index in [1.54, 1.807) is 0 Å². The molecule has 7 nitrogen and oxygen atoms in total. The summed E-state index contributed by atoms with van der Waals surface area (Å²) in [4.78, 5) is 10.7. The minimum atomic E-state index is -3.75. The second-order valence-corrected chi connectivity index (χ2v) is 7.75. The van der Waals surface area contributed by atoms with E-state index in [0.717, 1.165) is 17.4 Å². The van der Waals surface area contributed by atoms with Gasteiger partial charge in [-0.1, -0.05) is 0 Å². The standard InChI is InChI=1S/C10H14BrNO6S2/c11-9-8(6-7(19-9)10(14)15)20(16,17)12-2-1-4-18-5-3-13/h6,12-13H,1-5H2,(H,14,15). The molecule has 0 aliphatic rings. The lowest BCUT2D eigenvalue weighted by molar-refractivity contribution is 0.0702. The van der Waals surface area contributed by atoms with E-state index in [4.69, 9.17) is 14.9 Å². The molecular weight excluding hydrogens is 374 g/mol. The maximum absolute atomic E-state index is 12.0. The molecule has 0 unspecified atom stereocenters. The van der Waals surface area contributed by atoms with E-state index in [9.17, 15) is 13.2 Å². The molecule has 1 aromatic heterocycles. The number of hydrogen-bond donors (Lipinski definition) is 3. The number of carboxylic acids is 1. The summed E-state index contributed by atoms with van der Waals surface area (Å²) in [5, 5.41) is 17.3. The Hall–Kier alpha value is -0.520. The number of carboxylic acid groups (broad SMARTS) is 1. The van der Waals surface area contributed by atoms with Gasteiger partial charge in [0, 0.05) is 13.2 Å². The van der Waals surface area contributed by atoms with Crippen LogP contribution in [0.25, 0.3) is 0 Å². The first-order valence-electron chi connectivity index (χ1n) is 5.59. The van der Waals surface area contributed by atoms with Crippen molar-refractivity contribution < 1.29 is 28.2 Å². The quantitative estimate of drug-likeness (QED) is 0.542. The summed E-state index contributed by atoms with van der Waals surface area (Å²) >= 11 is 3.89. The third kappa shape index (κ3) is 5.11. The van der Waals surface area contributed by atoms with Gasteiger partial charge in [0.2, 0.25) is 10.0 Å². The lowest BCUT2D eigenvalue weighted by Crippen LogP contribution is -2.25. The van der Waals surface area contributed by atoms with Gasteiger partial charge in [-0.25, -0.2) is 17.9 Å². The Bertz CT molecular complexity index is 556. The largest absolute Gasteiger partial charge is 0.477 e. The van der Waals surface area contributed by atoms with Gasteiger partial charge in [0.25, 0.3) is 0 Å². The molecule has 0 spiro atoms. The van der Waals surface area contributed by atoms with Crippen LogP contribution in [-0.4, -0.2) is 51.0 Å². The second kappa shape index (κ2) is 8.05. The molecular formula is C10H14BrNO6S2. The molecule has 3 N–H and O–H groups in total. The highest BCUT2D eigenvalue weighted by molar-refractivity contribution is 9.11. The number of aliphatic hydroxyl groups excluding tert-OH is 1. The Morgan fingerprint density at radius 1 is 1.45 bits per heavy atom. The Morgan fingerprint density at radius 2 is 2.15 bits per heavy atom. The molecule has 0 atom stereocenters. The van der Waals surface area contributed by atoms with Crippen molar-refractivity contribution in [2.24, 2.45) is 0 Å². The van der Waals surface area contributed by atoms with Gasteiger partial charge in [-0.2, -0.15) is 0 Å². The minimum absolute atomic E-state index is 0.0523. The van der Waals surface area contributed by atoms with Crippen molar-refractivity contribution in [1.82, 2.24) is 4.72 Å². The first-order chi connectivity index (χ1) is 9.38. The average molecular weight is 388 g/mol. The predicted molar refractivity (Wildman–Crippen MR) is 76.7 cm³/mol. The van der Waals surface area contributed by atoms with Gasteiger partial charge in [0.05, 0.1) is 17.0 Å². The van der Waals surface area contributed by atoms with Crippen molar-refractivity contribution in [2.45, 2.75) is 11.3 Å². The van der Waals surface area contributed by atoms with Gasteiger partial charge in [-0.15, -0.1) is 11.3 Å². The highest BCUT2D eigenvalue weighted by Gasteiger charge is 2.22. The Balaban J connectivity index is 2.58. The van der Waals surface area contributed by atoms with Crippen LogP contribution in [-0.2, 0) is 14.8 Å². The fraction of sp³-hybridized carbons (Fsp3) is 0.500. The van der Waals surface area contributed by atoms with E-state index in [0.29, 0.717) is 13.0 Å². The van der Waals surface area contributed by atoms with Crippen LogP contribution in [0.15, 0.2) is 14.7 Å². The van der Waals surface area contributed by atoms with E-state index >= 15 is 0 Å². The third-order valence-corrected chi connectivity index (χ3v) is 5.85. The number of rotatable bonds is 9. The van der Waals surface area contributed by atoms with Crippen molar-refractivity contribution in [3.05, 3.63) is 14.7 Å². The van der Waals surface area contributed by atoms with Crippen LogP contribution < -0.4 is 4.72 Å². The number of aromatic carboxylic acids is 1. The Kier molecular flexibility index (Phi) is 7.06. The molecule has 1 aromatic rings. The van der Waals surface area contributed by atoms with Crippen molar-refractivity contribution in [1.29, 1.82) is 0 Å². The van der Waals surface area contributed by atoms with E-state index in [2.05, 4.69) is 20.7 Å². The maximum atomic E-state index is 12.0. The van der Waals surface area contributed by atoms with Gasteiger partial charge >= 0.3 is 5.97 Å². The van der Waals surface area contributed by atoms with Crippen molar-refractivity contribution in [2.75, 3.05) is 26.4 Å². The van der Waals surface area contributed by atoms with Crippen molar-refractivity contribution >= 4 is 43.3 Å². The molecule has 20 heavy (non-hydrogen) atoms. The van der Waals surface area contributed by atoms with Crippen LogP contribution in [0.2, 0.25) is 0 Å². The van der Waals surface area contributed by atoms with Crippen LogP contribution in [0, 0.1) is 0 Å². The van der Waals surface area contributed by atoms with Gasteiger partial charge in [0.15, 0.2) is 0 Å². The number of hydrogen-bond acceptors (Lipinski definition) is 6. The third-order valence-electron chi connectivity index (χ3n) is 2.15.